The van der Waals surface area contributed by atoms with Gasteiger partial charge in [0.15, 0.2) is 6.29 Å². The highest BCUT2D eigenvalue weighted by atomic mass is 35.5. The molecule has 92 valence electrons. The second-order valence-corrected chi connectivity index (χ2v) is 4.31. The van der Waals surface area contributed by atoms with Gasteiger partial charge in [0, 0.05) is 17.1 Å². The fourth-order valence-electron chi connectivity index (χ4n) is 1.93. The van der Waals surface area contributed by atoms with E-state index in [0.717, 1.165) is 16.5 Å². The number of aromatic nitrogens is 3. The molecule has 4 nitrogen and oxygen atoms in total. The zero-order valence-electron chi connectivity index (χ0n) is 9.75. The van der Waals surface area contributed by atoms with Gasteiger partial charge in [0.05, 0.1) is 16.8 Å². The first-order valence-corrected chi connectivity index (χ1v) is 5.98. The van der Waals surface area contributed by atoms with Crippen molar-refractivity contribution in [2.75, 3.05) is 0 Å². The van der Waals surface area contributed by atoms with Gasteiger partial charge in [0.1, 0.15) is 11.5 Å². The molecule has 0 unspecified atom stereocenters. The maximum absolute atomic E-state index is 11.1. The zero-order valence-corrected chi connectivity index (χ0v) is 10.5. The molecule has 0 aliphatic heterocycles. The number of pyridine rings is 1. The molecule has 0 N–H and O–H groups in total. The van der Waals surface area contributed by atoms with E-state index in [2.05, 4.69) is 15.0 Å². The highest BCUT2D eigenvalue weighted by Gasteiger charge is 2.11. The summed E-state index contributed by atoms with van der Waals surface area (Å²) in [6, 6.07) is 9.49. The summed E-state index contributed by atoms with van der Waals surface area (Å²) in [4.78, 5) is 23.3. The smallest absolute Gasteiger partial charge is 0.155 e. The van der Waals surface area contributed by atoms with Crippen molar-refractivity contribution in [2.45, 2.75) is 0 Å². The third kappa shape index (κ3) is 2.06. The van der Waals surface area contributed by atoms with Crippen LogP contribution >= 0.6 is 11.6 Å². The molecule has 0 bridgehead atoms. The van der Waals surface area contributed by atoms with E-state index in [0.29, 0.717) is 17.5 Å². The molecule has 0 saturated heterocycles. The molecule has 0 atom stereocenters. The van der Waals surface area contributed by atoms with Crippen LogP contribution in [-0.2, 0) is 0 Å². The summed E-state index contributed by atoms with van der Waals surface area (Å²) in [7, 11) is 0. The van der Waals surface area contributed by atoms with Crippen LogP contribution in [-0.4, -0.2) is 21.2 Å². The summed E-state index contributed by atoms with van der Waals surface area (Å²) in [5.41, 5.74) is 2.53. The van der Waals surface area contributed by atoms with Crippen LogP contribution in [0.2, 0.25) is 5.15 Å². The van der Waals surface area contributed by atoms with Crippen molar-refractivity contribution in [3.8, 4) is 11.3 Å². The topological polar surface area (TPSA) is 55.7 Å². The van der Waals surface area contributed by atoms with Gasteiger partial charge in [-0.15, -0.1) is 0 Å². The van der Waals surface area contributed by atoms with E-state index in [1.807, 2.05) is 30.3 Å². The Balaban J connectivity index is 2.24. The minimum absolute atomic E-state index is 0.159. The van der Waals surface area contributed by atoms with E-state index in [1.54, 1.807) is 6.20 Å². The van der Waals surface area contributed by atoms with Crippen LogP contribution in [0.3, 0.4) is 0 Å². The number of nitrogens with zero attached hydrogens (tertiary/aromatic N) is 3. The number of carbonyl (C=O) groups excluding carboxylic acids is 1. The van der Waals surface area contributed by atoms with E-state index in [9.17, 15) is 4.79 Å². The van der Waals surface area contributed by atoms with Crippen molar-refractivity contribution in [3.63, 3.8) is 0 Å². The second-order valence-electron chi connectivity index (χ2n) is 3.96. The van der Waals surface area contributed by atoms with E-state index in [-0.39, 0.29) is 5.15 Å². The van der Waals surface area contributed by atoms with Crippen LogP contribution in [0.4, 0.5) is 0 Å². The quantitative estimate of drug-likeness (QED) is 0.530. The Morgan fingerprint density at radius 3 is 2.84 bits per heavy atom. The molecule has 2 heterocycles. The Morgan fingerprint density at radius 2 is 2.00 bits per heavy atom. The lowest BCUT2D eigenvalue weighted by atomic mass is 10.1. The molecule has 0 spiro atoms. The number of hydrogen-bond donors (Lipinski definition) is 0. The normalized spacial score (nSPS) is 10.6. The average Bonchev–Trinajstić information content (AvgIpc) is 2.46. The van der Waals surface area contributed by atoms with Crippen molar-refractivity contribution < 1.29 is 4.79 Å². The SMILES string of the molecule is O=Cc1c(Cl)ncnc1-c1ccc2ncccc2c1. The number of benzene rings is 1. The largest absolute Gasteiger partial charge is 0.298 e. The van der Waals surface area contributed by atoms with Gasteiger partial charge in [-0.1, -0.05) is 23.7 Å². The molecule has 0 saturated carbocycles. The van der Waals surface area contributed by atoms with Crippen LogP contribution < -0.4 is 0 Å². The van der Waals surface area contributed by atoms with Gasteiger partial charge in [-0.2, -0.15) is 0 Å². The van der Waals surface area contributed by atoms with Gasteiger partial charge < -0.3 is 0 Å². The predicted molar refractivity (Wildman–Crippen MR) is 73.2 cm³/mol. The zero-order chi connectivity index (χ0) is 13.2. The minimum Gasteiger partial charge on any atom is -0.298 e. The number of aldehydes is 1. The molecular weight excluding hydrogens is 262 g/mol. The first kappa shape index (κ1) is 11.7. The van der Waals surface area contributed by atoms with Gasteiger partial charge in [-0.3, -0.25) is 9.78 Å². The van der Waals surface area contributed by atoms with Gasteiger partial charge in [-0.05, 0) is 18.2 Å². The number of halogens is 1. The molecule has 0 fully saturated rings. The lowest BCUT2D eigenvalue weighted by Crippen LogP contribution is -1.95. The number of carbonyl (C=O) groups is 1. The van der Waals surface area contributed by atoms with E-state index in [4.69, 9.17) is 11.6 Å². The summed E-state index contributed by atoms with van der Waals surface area (Å²) in [6.45, 7) is 0. The Hall–Kier alpha value is -2.33. The Kier molecular flexibility index (Phi) is 2.93. The molecule has 0 aliphatic rings. The van der Waals surface area contributed by atoms with Crippen molar-refractivity contribution >= 4 is 28.8 Å². The number of hydrogen-bond acceptors (Lipinski definition) is 4. The summed E-state index contributed by atoms with van der Waals surface area (Å²) in [5.74, 6) is 0. The third-order valence-corrected chi connectivity index (χ3v) is 3.13. The standard InChI is InChI=1S/C14H8ClN3O/c15-14-11(7-19)13(17-8-18-14)10-3-4-12-9(6-10)2-1-5-16-12/h1-8H. The van der Waals surface area contributed by atoms with Gasteiger partial charge in [0.25, 0.3) is 0 Å². The lowest BCUT2D eigenvalue weighted by Gasteiger charge is -2.06. The third-order valence-electron chi connectivity index (χ3n) is 2.83. The maximum atomic E-state index is 11.1. The van der Waals surface area contributed by atoms with Crippen LogP contribution in [0, 0.1) is 0 Å². The lowest BCUT2D eigenvalue weighted by molar-refractivity contribution is 0.112. The Labute approximate surface area is 114 Å². The summed E-state index contributed by atoms with van der Waals surface area (Å²) in [5, 5.41) is 1.14. The first-order valence-electron chi connectivity index (χ1n) is 5.60. The molecule has 3 aromatic rings. The fourth-order valence-corrected chi connectivity index (χ4v) is 2.11. The molecule has 0 aliphatic carbocycles. The average molecular weight is 270 g/mol. The molecule has 0 amide bonds. The highest BCUT2D eigenvalue weighted by molar-refractivity contribution is 6.32. The number of fused-ring (bicyclic) bond motifs is 1. The molecule has 0 radical (unpaired) electrons. The monoisotopic (exact) mass is 269 g/mol. The van der Waals surface area contributed by atoms with Crippen molar-refractivity contribution in [1.29, 1.82) is 0 Å². The maximum Gasteiger partial charge on any atom is 0.155 e. The summed E-state index contributed by atoms with van der Waals surface area (Å²) in [6.07, 6.45) is 3.75. The fraction of sp³-hybridized carbons (Fsp3) is 0. The van der Waals surface area contributed by atoms with Crippen molar-refractivity contribution in [3.05, 3.63) is 53.6 Å². The van der Waals surface area contributed by atoms with Crippen LogP contribution in [0.1, 0.15) is 10.4 Å². The minimum atomic E-state index is 0.159. The van der Waals surface area contributed by atoms with Crippen molar-refractivity contribution in [1.82, 2.24) is 15.0 Å². The Morgan fingerprint density at radius 1 is 1.11 bits per heavy atom. The second kappa shape index (κ2) is 4.74. The van der Waals surface area contributed by atoms with Gasteiger partial charge in [0.2, 0.25) is 0 Å². The summed E-state index contributed by atoms with van der Waals surface area (Å²) < 4.78 is 0. The molecule has 2 aromatic heterocycles. The van der Waals surface area contributed by atoms with Gasteiger partial charge in [-0.25, -0.2) is 9.97 Å². The molecule has 19 heavy (non-hydrogen) atoms. The van der Waals surface area contributed by atoms with E-state index in [1.165, 1.54) is 6.33 Å². The Bertz CT molecular complexity index is 773. The molecule has 5 heteroatoms. The van der Waals surface area contributed by atoms with E-state index >= 15 is 0 Å². The number of rotatable bonds is 2. The van der Waals surface area contributed by atoms with Crippen molar-refractivity contribution in [2.24, 2.45) is 0 Å². The predicted octanol–water partition coefficient (Wildman–Crippen LogP) is 3.16. The highest BCUT2D eigenvalue weighted by Crippen LogP contribution is 2.26. The first-order chi connectivity index (χ1) is 9.29. The van der Waals surface area contributed by atoms with Crippen LogP contribution in [0.25, 0.3) is 22.2 Å². The molecule has 1 aromatic carbocycles. The van der Waals surface area contributed by atoms with E-state index < -0.39 is 0 Å². The van der Waals surface area contributed by atoms with Gasteiger partial charge >= 0.3 is 0 Å². The van der Waals surface area contributed by atoms with Crippen LogP contribution in [0.5, 0.6) is 0 Å². The molecule has 3 rings (SSSR count). The molecular formula is C14H8ClN3O. The van der Waals surface area contributed by atoms with Crippen LogP contribution in [0.15, 0.2) is 42.9 Å². The summed E-state index contributed by atoms with van der Waals surface area (Å²) >= 11 is 5.90.